The molecule has 0 aliphatic carbocycles. The SMILES string of the molecule is O=C(O)CSc1n[nH]c(-c2ccc(-c3cccc(OCc4cccc(I)c4)c3)o2)n1. The molecule has 152 valence electrons. The first-order chi connectivity index (χ1) is 14.6. The van der Waals surface area contributed by atoms with Gasteiger partial charge in [0.25, 0.3) is 0 Å². The second-order valence-corrected chi connectivity index (χ2v) is 8.45. The van der Waals surface area contributed by atoms with E-state index in [1.165, 1.54) is 3.57 Å². The Morgan fingerprint density at radius 2 is 1.97 bits per heavy atom. The van der Waals surface area contributed by atoms with E-state index in [1.54, 1.807) is 6.07 Å². The fourth-order valence-electron chi connectivity index (χ4n) is 2.70. The smallest absolute Gasteiger partial charge is 0.313 e. The van der Waals surface area contributed by atoms with Gasteiger partial charge in [-0.25, -0.2) is 0 Å². The van der Waals surface area contributed by atoms with Gasteiger partial charge < -0.3 is 14.3 Å². The normalized spacial score (nSPS) is 10.8. The number of hydrogen-bond acceptors (Lipinski definition) is 6. The predicted molar refractivity (Wildman–Crippen MR) is 121 cm³/mol. The Bertz CT molecular complexity index is 1170. The average molecular weight is 533 g/mol. The summed E-state index contributed by atoms with van der Waals surface area (Å²) in [5, 5.41) is 15.9. The van der Waals surface area contributed by atoms with Gasteiger partial charge in [0, 0.05) is 9.13 Å². The number of H-pyrrole nitrogens is 1. The zero-order chi connectivity index (χ0) is 20.9. The van der Waals surface area contributed by atoms with Gasteiger partial charge in [-0.1, -0.05) is 36.0 Å². The number of aromatic nitrogens is 3. The Morgan fingerprint density at radius 3 is 2.80 bits per heavy atom. The van der Waals surface area contributed by atoms with Gasteiger partial charge in [0.2, 0.25) is 5.16 Å². The molecule has 9 heteroatoms. The lowest BCUT2D eigenvalue weighted by molar-refractivity contribution is -0.133. The van der Waals surface area contributed by atoms with E-state index >= 15 is 0 Å². The van der Waals surface area contributed by atoms with Crippen molar-refractivity contribution in [3.63, 3.8) is 0 Å². The number of carbonyl (C=O) groups is 1. The first-order valence-electron chi connectivity index (χ1n) is 8.92. The summed E-state index contributed by atoms with van der Waals surface area (Å²) in [6.07, 6.45) is 0. The van der Waals surface area contributed by atoms with E-state index in [4.69, 9.17) is 14.3 Å². The average Bonchev–Trinajstić information content (AvgIpc) is 3.41. The fraction of sp³-hybridized carbons (Fsp3) is 0.0952. The third-order valence-corrected chi connectivity index (χ3v) is 5.55. The summed E-state index contributed by atoms with van der Waals surface area (Å²) in [5.74, 6) is 1.35. The van der Waals surface area contributed by atoms with E-state index in [2.05, 4.69) is 43.8 Å². The molecular weight excluding hydrogens is 517 g/mol. The van der Waals surface area contributed by atoms with E-state index < -0.39 is 5.97 Å². The highest BCUT2D eigenvalue weighted by Crippen LogP contribution is 2.30. The number of nitrogens with one attached hydrogen (secondary N) is 1. The molecule has 0 saturated heterocycles. The lowest BCUT2D eigenvalue weighted by Crippen LogP contribution is -1.97. The van der Waals surface area contributed by atoms with Crippen LogP contribution >= 0.6 is 34.4 Å². The number of ether oxygens (including phenoxy) is 1. The number of aromatic amines is 1. The van der Waals surface area contributed by atoms with E-state index in [1.807, 2.05) is 48.5 Å². The number of hydrogen-bond donors (Lipinski definition) is 2. The van der Waals surface area contributed by atoms with Crippen LogP contribution in [0.5, 0.6) is 5.75 Å². The predicted octanol–water partition coefficient (Wildman–Crippen LogP) is 5.09. The minimum Gasteiger partial charge on any atom is -0.489 e. The maximum absolute atomic E-state index is 10.7. The molecule has 2 heterocycles. The molecule has 2 aromatic heterocycles. The van der Waals surface area contributed by atoms with Gasteiger partial charge in [-0.3, -0.25) is 9.89 Å². The van der Waals surface area contributed by atoms with Crippen LogP contribution < -0.4 is 4.74 Å². The van der Waals surface area contributed by atoms with Crippen LogP contribution in [0.3, 0.4) is 0 Å². The summed E-state index contributed by atoms with van der Waals surface area (Å²) in [4.78, 5) is 14.9. The fourth-order valence-corrected chi connectivity index (χ4v) is 3.83. The van der Waals surface area contributed by atoms with Gasteiger partial charge >= 0.3 is 5.97 Å². The molecule has 0 radical (unpaired) electrons. The van der Waals surface area contributed by atoms with E-state index in [9.17, 15) is 4.79 Å². The zero-order valence-electron chi connectivity index (χ0n) is 15.5. The molecule has 7 nitrogen and oxygen atoms in total. The van der Waals surface area contributed by atoms with Crippen molar-refractivity contribution in [2.75, 3.05) is 5.75 Å². The highest BCUT2D eigenvalue weighted by Gasteiger charge is 2.13. The number of rotatable bonds is 8. The molecule has 4 rings (SSSR count). The van der Waals surface area contributed by atoms with Crippen molar-refractivity contribution in [3.05, 3.63) is 69.8 Å². The van der Waals surface area contributed by atoms with E-state index in [0.29, 0.717) is 29.1 Å². The molecule has 0 saturated carbocycles. The summed E-state index contributed by atoms with van der Waals surface area (Å²) in [7, 11) is 0. The third-order valence-electron chi connectivity index (χ3n) is 4.04. The molecule has 0 unspecified atom stereocenters. The maximum atomic E-state index is 10.7. The summed E-state index contributed by atoms with van der Waals surface area (Å²) < 4.78 is 13.0. The molecule has 0 atom stereocenters. The molecule has 4 aromatic rings. The Kier molecular flexibility index (Phi) is 6.38. The third kappa shape index (κ3) is 5.22. The lowest BCUT2D eigenvalue weighted by Gasteiger charge is -2.08. The van der Waals surface area contributed by atoms with Crippen LogP contribution in [0.2, 0.25) is 0 Å². The number of halogens is 1. The summed E-state index contributed by atoms with van der Waals surface area (Å²) >= 11 is 3.32. The number of nitrogens with zero attached hydrogens (tertiary/aromatic N) is 2. The van der Waals surface area contributed by atoms with Crippen LogP contribution in [-0.2, 0) is 11.4 Å². The van der Waals surface area contributed by atoms with Gasteiger partial charge in [0.15, 0.2) is 11.6 Å². The first-order valence-corrected chi connectivity index (χ1v) is 11.0. The largest absolute Gasteiger partial charge is 0.489 e. The van der Waals surface area contributed by atoms with Crippen molar-refractivity contribution < 1.29 is 19.1 Å². The van der Waals surface area contributed by atoms with Crippen LogP contribution in [0.4, 0.5) is 0 Å². The Morgan fingerprint density at radius 1 is 1.13 bits per heavy atom. The summed E-state index contributed by atoms with van der Waals surface area (Å²) in [6, 6.07) is 19.5. The number of thioether (sulfide) groups is 1. The maximum Gasteiger partial charge on any atom is 0.313 e. The van der Waals surface area contributed by atoms with Crippen molar-refractivity contribution in [2.24, 2.45) is 0 Å². The van der Waals surface area contributed by atoms with E-state index in [-0.39, 0.29) is 5.75 Å². The van der Waals surface area contributed by atoms with Crippen molar-refractivity contribution in [1.82, 2.24) is 15.2 Å². The summed E-state index contributed by atoms with van der Waals surface area (Å²) in [5.41, 5.74) is 1.98. The minimum absolute atomic E-state index is 0.102. The zero-order valence-corrected chi connectivity index (χ0v) is 18.5. The summed E-state index contributed by atoms with van der Waals surface area (Å²) in [6.45, 7) is 0.485. The molecule has 0 spiro atoms. The second-order valence-electron chi connectivity index (χ2n) is 6.26. The molecule has 0 aliphatic heterocycles. The number of benzene rings is 2. The lowest BCUT2D eigenvalue weighted by atomic mass is 10.1. The highest BCUT2D eigenvalue weighted by atomic mass is 127. The number of aliphatic carboxylic acids is 1. The number of carboxylic acid groups (broad SMARTS) is 1. The van der Waals surface area contributed by atoms with Gasteiger partial charge in [0.1, 0.15) is 18.1 Å². The second kappa shape index (κ2) is 9.35. The Labute approximate surface area is 190 Å². The van der Waals surface area contributed by atoms with Gasteiger partial charge in [0.05, 0.1) is 5.75 Å². The number of furan rings is 1. The molecule has 0 bridgehead atoms. The molecule has 30 heavy (non-hydrogen) atoms. The molecule has 0 fully saturated rings. The quantitative estimate of drug-likeness (QED) is 0.240. The standard InChI is InChI=1S/C21H16IN3O4S/c22-15-5-1-3-13(9-15)11-28-16-6-2-4-14(10-16)17-7-8-18(29-17)20-23-21(25-24-20)30-12-19(26)27/h1-10H,11-12H2,(H,26,27)(H,23,24,25). The minimum atomic E-state index is -0.921. The van der Waals surface area contributed by atoms with Crippen LogP contribution in [-0.4, -0.2) is 32.0 Å². The van der Waals surface area contributed by atoms with Crippen molar-refractivity contribution >= 4 is 40.3 Å². The Hall–Kier alpha value is -2.79. The van der Waals surface area contributed by atoms with Crippen LogP contribution in [0, 0.1) is 3.57 Å². The van der Waals surface area contributed by atoms with Crippen LogP contribution in [0.15, 0.2) is 70.2 Å². The topological polar surface area (TPSA) is 101 Å². The molecular formula is C21H16IN3O4S. The van der Waals surface area contributed by atoms with Crippen molar-refractivity contribution in [3.8, 4) is 28.7 Å². The van der Waals surface area contributed by atoms with Crippen molar-refractivity contribution in [2.45, 2.75) is 11.8 Å². The molecule has 2 N–H and O–H groups in total. The molecule has 0 amide bonds. The van der Waals surface area contributed by atoms with Crippen molar-refractivity contribution in [1.29, 1.82) is 0 Å². The highest BCUT2D eigenvalue weighted by molar-refractivity contribution is 14.1. The van der Waals surface area contributed by atoms with Gasteiger partial charge in [-0.15, -0.1) is 5.10 Å². The molecule has 2 aromatic carbocycles. The van der Waals surface area contributed by atoms with Gasteiger partial charge in [-0.05, 0) is 64.6 Å². The van der Waals surface area contributed by atoms with E-state index in [0.717, 1.165) is 28.6 Å². The van der Waals surface area contributed by atoms with Crippen LogP contribution in [0.25, 0.3) is 22.9 Å². The molecule has 0 aliphatic rings. The van der Waals surface area contributed by atoms with Gasteiger partial charge in [-0.2, -0.15) is 4.98 Å². The Balaban J connectivity index is 1.45. The first kappa shape index (κ1) is 20.5. The number of carboxylic acids is 1. The monoisotopic (exact) mass is 533 g/mol. The van der Waals surface area contributed by atoms with Crippen LogP contribution in [0.1, 0.15) is 5.56 Å².